The molecule has 0 amide bonds. The first-order valence-corrected chi connectivity index (χ1v) is 7.52. The Kier molecular flexibility index (Phi) is 4.48. The normalized spacial score (nSPS) is 20.1. The van der Waals surface area contributed by atoms with Gasteiger partial charge in [0.15, 0.2) is 0 Å². The van der Waals surface area contributed by atoms with E-state index in [1.54, 1.807) is 0 Å². The van der Waals surface area contributed by atoms with Crippen molar-refractivity contribution in [1.82, 2.24) is 4.90 Å². The van der Waals surface area contributed by atoms with Gasteiger partial charge in [0, 0.05) is 0 Å². The number of likely N-dealkylation sites (tertiary alicyclic amines) is 1. The fourth-order valence-corrected chi connectivity index (χ4v) is 3.20. The molecule has 1 N–H and O–H groups in total. The van der Waals surface area contributed by atoms with Gasteiger partial charge < -0.3 is 5.11 Å². The summed E-state index contributed by atoms with van der Waals surface area (Å²) in [6.07, 6.45) is 4.60. The lowest BCUT2D eigenvalue weighted by molar-refractivity contribution is -0.151. The van der Waals surface area contributed by atoms with Gasteiger partial charge in [-0.2, -0.15) is 0 Å². The third kappa shape index (κ3) is 2.73. The van der Waals surface area contributed by atoms with E-state index in [9.17, 15) is 9.90 Å². The number of carboxylic acids is 1. The fourth-order valence-electron chi connectivity index (χ4n) is 3.20. The number of carbonyl (C=O) groups is 1. The molecule has 1 heterocycles. The van der Waals surface area contributed by atoms with E-state index in [0.717, 1.165) is 42.6 Å². The molecule has 0 radical (unpaired) electrons. The highest BCUT2D eigenvalue weighted by molar-refractivity contribution is 5.81. The highest BCUT2D eigenvalue weighted by Crippen LogP contribution is 2.33. The van der Waals surface area contributed by atoms with E-state index < -0.39 is 11.5 Å². The zero-order valence-corrected chi connectivity index (χ0v) is 12.8. The largest absolute Gasteiger partial charge is 0.480 e. The van der Waals surface area contributed by atoms with E-state index >= 15 is 0 Å². The molecule has 3 heteroatoms. The highest BCUT2D eigenvalue weighted by atomic mass is 16.4. The molecule has 1 aromatic carbocycles. The van der Waals surface area contributed by atoms with Crippen molar-refractivity contribution < 1.29 is 9.90 Å². The average Bonchev–Trinajstić information content (AvgIpc) is 2.69. The Morgan fingerprint density at radius 2 is 1.75 bits per heavy atom. The Morgan fingerprint density at radius 1 is 1.15 bits per heavy atom. The van der Waals surface area contributed by atoms with Crippen LogP contribution in [0, 0.1) is 13.8 Å². The van der Waals surface area contributed by atoms with Crippen LogP contribution in [0.1, 0.15) is 49.3 Å². The number of rotatable bonds is 3. The Bertz CT molecular complexity index is 490. The maximum Gasteiger partial charge on any atom is 0.328 e. The number of nitrogens with zero attached hydrogens (tertiary/aromatic N) is 1. The molecule has 1 fully saturated rings. The van der Waals surface area contributed by atoms with Gasteiger partial charge in [-0.05, 0) is 57.8 Å². The van der Waals surface area contributed by atoms with E-state index in [4.69, 9.17) is 0 Å². The molecule has 1 aliphatic rings. The number of hydrogen-bond donors (Lipinski definition) is 1. The first kappa shape index (κ1) is 15.0. The maximum absolute atomic E-state index is 12.1. The second kappa shape index (κ2) is 5.96. The minimum atomic E-state index is -0.916. The van der Waals surface area contributed by atoms with Crippen molar-refractivity contribution in [3.63, 3.8) is 0 Å². The quantitative estimate of drug-likeness (QED) is 0.918. The second-order valence-electron chi connectivity index (χ2n) is 6.10. The molecule has 1 aromatic rings. The van der Waals surface area contributed by atoms with Crippen molar-refractivity contribution in [3.8, 4) is 0 Å². The Balaban J connectivity index is 2.47. The first-order chi connectivity index (χ1) is 9.46. The lowest BCUT2D eigenvalue weighted by atomic mass is 9.85. The molecule has 3 nitrogen and oxygen atoms in total. The molecular formula is C17H25NO2. The van der Waals surface area contributed by atoms with Crippen molar-refractivity contribution in [2.24, 2.45) is 0 Å². The summed E-state index contributed by atoms with van der Waals surface area (Å²) in [4.78, 5) is 14.2. The van der Waals surface area contributed by atoms with E-state index in [0.29, 0.717) is 0 Å². The van der Waals surface area contributed by atoms with Gasteiger partial charge >= 0.3 is 5.97 Å². The molecule has 110 valence electrons. The second-order valence-corrected chi connectivity index (χ2v) is 6.10. The van der Waals surface area contributed by atoms with Crippen LogP contribution in [0.3, 0.4) is 0 Å². The molecule has 0 aliphatic carbocycles. The predicted molar refractivity (Wildman–Crippen MR) is 80.9 cm³/mol. The standard InChI is InChI=1S/C17H25NO2/c1-13-8-9-14(2)15(12-13)17(3,16(19)20)18-10-6-4-5-7-11-18/h8-9,12H,4-7,10-11H2,1-3H3,(H,19,20). The lowest BCUT2D eigenvalue weighted by Gasteiger charge is -2.38. The van der Waals surface area contributed by atoms with Crippen molar-refractivity contribution >= 4 is 5.97 Å². The zero-order valence-electron chi connectivity index (χ0n) is 12.8. The van der Waals surface area contributed by atoms with Gasteiger partial charge in [0.1, 0.15) is 5.54 Å². The van der Waals surface area contributed by atoms with E-state index in [1.165, 1.54) is 12.8 Å². The minimum Gasteiger partial charge on any atom is -0.480 e. The van der Waals surface area contributed by atoms with Gasteiger partial charge in [0.05, 0.1) is 0 Å². The summed E-state index contributed by atoms with van der Waals surface area (Å²) in [6.45, 7) is 7.64. The van der Waals surface area contributed by atoms with Crippen LogP contribution in [-0.2, 0) is 10.3 Å². The molecule has 0 aromatic heterocycles. The summed E-state index contributed by atoms with van der Waals surface area (Å²) < 4.78 is 0. The molecule has 0 saturated carbocycles. The van der Waals surface area contributed by atoms with Crippen LogP contribution in [0.5, 0.6) is 0 Å². The van der Waals surface area contributed by atoms with Crippen LogP contribution in [-0.4, -0.2) is 29.1 Å². The van der Waals surface area contributed by atoms with Crippen LogP contribution < -0.4 is 0 Å². The monoisotopic (exact) mass is 275 g/mol. The third-order valence-corrected chi connectivity index (χ3v) is 4.57. The number of hydrogen-bond acceptors (Lipinski definition) is 2. The Morgan fingerprint density at radius 3 is 2.30 bits per heavy atom. The van der Waals surface area contributed by atoms with Crippen molar-refractivity contribution in [1.29, 1.82) is 0 Å². The van der Waals surface area contributed by atoms with Gasteiger partial charge in [0.2, 0.25) is 0 Å². The maximum atomic E-state index is 12.1. The van der Waals surface area contributed by atoms with Gasteiger partial charge in [-0.3, -0.25) is 4.90 Å². The molecule has 1 saturated heterocycles. The third-order valence-electron chi connectivity index (χ3n) is 4.57. The Hall–Kier alpha value is -1.35. The fraction of sp³-hybridized carbons (Fsp3) is 0.588. The molecule has 0 spiro atoms. The smallest absolute Gasteiger partial charge is 0.328 e. The van der Waals surface area contributed by atoms with Crippen LogP contribution in [0.4, 0.5) is 0 Å². The summed E-state index contributed by atoms with van der Waals surface area (Å²) in [7, 11) is 0. The van der Waals surface area contributed by atoms with Crippen molar-refractivity contribution in [2.45, 2.75) is 52.0 Å². The number of carboxylic acid groups (broad SMARTS) is 1. The van der Waals surface area contributed by atoms with Gasteiger partial charge in [-0.15, -0.1) is 0 Å². The minimum absolute atomic E-state index is 0.742. The van der Waals surface area contributed by atoms with Crippen LogP contribution in [0.2, 0.25) is 0 Å². The van der Waals surface area contributed by atoms with Gasteiger partial charge in [0.25, 0.3) is 0 Å². The molecule has 0 bridgehead atoms. The molecule has 1 unspecified atom stereocenters. The van der Waals surface area contributed by atoms with Gasteiger partial charge in [-0.1, -0.05) is 36.6 Å². The summed E-state index contributed by atoms with van der Waals surface area (Å²) in [5.74, 6) is -0.742. The number of aryl methyl sites for hydroxylation is 2. The summed E-state index contributed by atoms with van der Waals surface area (Å²) >= 11 is 0. The average molecular weight is 275 g/mol. The SMILES string of the molecule is Cc1ccc(C)c(C(C)(C(=O)O)N2CCCCCC2)c1. The molecule has 2 rings (SSSR count). The molecule has 1 atom stereocenters. The lowest BCUT2D eigenvalue weighted by Crippen LogP contribution is -2.50. The van der Waals surface area contributed by atoms with Gasteiger partial charge in [-0.25, -0.2) is 4.79 Å². The molecule has 20 heavy (non-hydrogen) atoms. The molecule has 1 aliphatic heterocycles. The van der Waals surface area contributed by atoms with Crippen LogP contribution in [0.25, 0.3) is 0 Å². The number of aliphatic carboxylic acids is 1. The summed E-state index contributed by atoms with van der Waals surface area (Å²) in [6, 6.07) is 6.11. The van der Waals surface area contributed by atoms with E-state index in [1.807, 2.05) is 39.0 Å². The summed E-state index contributed by atoms with van der Waals surface area (Å²) in [5, 5.41) is 9.90. The van der Waals surface area contributed by atoms with Crippen LogP contribution >= 0.6 is 0 Å². The van der Waals surface area contributed by atoms with Crippen molar-refractivity contribution in [3.05, 3.63) is 34.9 Å². The highest BCUT2D eigenvalue weighted by Gasteiger charge is 2.42. The Labute approximate surface area is 121 Å². The topological polar surface area (TPSA) is 40.5 Å². The van der Waals surface area contributed by atoms with Crippen molar-refractivity contribution in [2.75, 3.05) is 13.1 Å². The predicted octanol–water partition coefficient (Wildman–Crippen LogP) is 3.48. The summed E-state index contributed by atoms with van der Waals surface area (Å²) in [5.41, 5.74) is 2.20. The van der Waals surface area contributed by atoms with Crippen LogP contribution in [0.15, 0.2) is 18.2 Å². The molecular weight excluding hydrogens is 250 g/mol. The van der Waals surface area contributed by atoms with E-state index in [-0.39, 0.29) is 0 Å². The first-order valence-electron chi connectivity index (χ1n) is 7.52. The van der Waals surface area contributed by atoms with E-state index in [2.05, 4.69) is 4.90 Å². The number of benzene rings is 1. The zero-order chi connectivity index (χ0) is 14.8.